The van der Waals surface area contributed by atoms with Gasteiger partial charge in [-0.1, -0.05) is 42.5 Å². The quantitative estimate of drug-likeness (QED) is 0.322. The van der Waals surface area contributed by atoms with Gasteiger partial charge in [-0.05, 0) is 66.7 Å². The first-order chi connectivity index (χ1) is 16.7. The normalized spacial score (nSPS) is 10.2. The number of nitrogens with one attached hydrogen (secondary N) is 2. The van der Waals surface area contributed by atoms with Crippen molar-refractivity contribution in [1.29, 1.82) is 0 Å². The topological polar surface area (TPSA) is 76.7 Å². The van der Waals surface area contributed by atoms with E-state index in [4.69, 9.17) is 9.47 Å². The Morgan fingerprint density at radius 2 is 1.00 bits per heavy atom. The zero-order chi connectivity index (χ0) is 23.6. The highest BCUT2D eigenvalue weighted by Crippen LogP contribution is 2.18. The van der Waals surface area contributed by atoms with Crippen LogP contribution in [0.1, 0.15) is 20.7 Å². The molecule has 0 fully saturated rings. The molecule has 0 saturated heterocycles. The number of rotatable bonds is 9. The summed E-state index contributed by atoms with van der Waals surface area (Å²) in [7, 11) is 0. The van der Waals surface area contributed by atoms with Crippen molar-refractivity contribution in [2.45, 2.75) is 0 Å². The second-order valence-corrected chi connectivity index (χ2v) is 7.39. The summed E-state index contributed by atoms with van der Waals surface area (Å²) in [6, 6.07) is 32.4. The second kappa shape index (κ2) is 11.3. The predicted octanol–water partition coefficient (Wildman–Crippen LogP) is 5.65. The van der Waals surface area contributed by atoms with Crippen molar-refractivity contribution in [3.63, 3.8) is 0 Å². The Morgan fingerprint density at radius 3 is 1.62 bits per heavy atom. The van der Waals surface area contributed by atoms with E-state index in [1.807, 2.05) is 48.5 Å². The van der Waals surface area contributed by atoms with E-state index >= 15 is 0 Å². The fraction of sp³-hybridized carbons (Fsp3) is 0.0714. The zero-order valence-electron chi connectivity index (χ0n) is 18.4. The molecule has 4 aromatic carbocycles. The largest absolute Gasteiger partial charge is 0.490 e. The average Bonchev–Trinajstić information content (AvgIpc) is 2.89. The predicted molar refractivity (Wildman–Crippen MR) is 133 cm³/mol. The summed E-state index contributed by atoms with van der Waals surface area (Å²) in [5.74, 6) is 0.920. The van der Waals surface area contributed by atoms with E-state index in [-0.39, 0.29) is 11.8 Å². The van der Waals surface area contributed by atoms with Crippen LogP contribution in [0.2, 0.25) is 0 Å². The van der Waals surface area contributed by atoms with Crippen molar-refractivity contribution in [1.82, 2.24) is 0 Å². The van der Waals surface area contributed by atoms with Gasteiger partial charge in [-0.2, -0.15) is 0 Å². The van der Waals surface area contributed by atoms with Crippen LogP contribution in [-0.4, -0.2) is 25.0 Å². The maximum atomic E-state index is 12.7. The lowest BCUT2D eigenvalue weighted by Gasteiger charge is -2.10. The highest BCUT2D eigenvalue weighted by atomic mass is 16.5. The zero-order valence-corrected chi connectivity index (χ0v) is 18.4. The van der Waals surface area contributed by atoms with Crippen molar-refractivity contribution in [2.75, 3.05) is 23.8 Å². The smallest absolute Gasteiger partial charge is 0.255 e. The Morgan fingerprint density at radius 1 is 0.529 bits per heavy atom. The molecule has 4 aromatic rings. The number of hydrogen-bond acceptors (Lipinski definition) is 4. The number of carbonyl (C=O) groups is 2. The highest BCUT2D eigenvalue weighted by molar-refractivity contribution is 6.05. The molecule has 6 heteroatoms. The third kappa shape index (κ3) is 6.46. The van der Waals surface area contributed by atoms with Crippen LogP contribution in [-0.2, 0) is 0 Å². The minimum absolute atomic E-state index is 0.191. The molecule has 34 heavy (non-hydrogen) atoms. The molecular formula is C28H24N2O4. The number of amides is 2. The van der Waals surface area contributed by atoms with Gasteiger partial charge >= 0.3 is 0 Å². The van der Waals surface area contributed by atoms with Crippen LogP contribution in [0.25, 0.3) is 0 Å². The molecule has 0 aliphatic heterocycles. The Labute approximate surface area is 198 Å². The Hall–Kier alpha value is -4.58. The van der Waals surface area contributed by atoms with Crippen LogP contribution in [0.5, 0.6) is 11.5 Å². The monoisotopic (exact) mass is 452 g/mol. The number of ether oxygens (including phenoxy) is 2. The molecule has 6 nitrogen and oxygen atoms in total. The van der Waals surface area contributed by atoms with Crippen molar-refractivity contribution >= 4 is 23.2 Å². The van der Waals surface area contributed by atoms with E-state index in [0.717, 1.165) is 5.75 Å². The average molecular weight is 453 g/mol. The fourth-order valence-electron chi connectivity index (χ4n) is 3.20. The third-order valence-electron chi connectivity index (χ3n) is 4.90. The Balaban J connectivity index is 1.28. The lowest BCUT2D eigenvalue weighted by molar-refractivity contribution is 0.101. The molecule has 0 saturated carbocycles. The summed E-state index contributed by atoms with van der Waals surface area (Å²) in [4.78, 5) is 24.9. The van der Waals surface area contributed by atoms with Crippen LogP contribution in [0.4, 0.5) is 11.4 Å². The first kappa shape index (κ1) is 22.6. The van der Waals surface area contributed by atoms with Gasteiger partial charge in [0.15, 0.2) is 0 Å². The van der Waals surface area contributed by atoms with Crippen molar-refractivity contribution < 1.29 is 19.1 Å². The number of para-hydroxylation sites is 1. The van der Waals surface area contributed by atoms with Gasteiger partial charge in [0.05, 0.1) is 0 Å². The number of anilines is 2. The molecule has 0 radical (unpaired) electrons. The molecule has 4 rings (SSSR count). The van der Waals surface area contributed by atoms with Crippen LogP contribution >= 0.6 is 0 Å². The van der Waals surface area contributed by atoms with Gasteiger partial charge in [-0.15, -0.1) is 0 Å². The molecule has 0 heterocycles. The summed E-state index contributed by atoms with van der Waals surface area (Å²) in [6.07, 6.45) is 0. The minimum atomic E-state index is -0.257. The van der Waals surface area contributed by atoms with E-state index in [1.165, 1.54) is 0 Å². The van der Waals surface area contributed by atoms with Gasteiger partial charge in [0, 0.05) is 22.5 Å². The van der Waals surface area contributed by atoms with Gasteiger partial charge in [0.2, 0.25) is 0 Å². The van der Waals surface area contributed by atoms with E-state index in [2.05, 4.69) is 10.6 Å². The molecule has 2 amide bonds. The molecule has 2 N–H and O–H groups in total. The van der Waals surface area contributed by atoms with E-state index in [1.54, 1.807) is 60.7 Å². The third-order valence-corrected chi connectivity index (χ3v) is 4.90. The first-order valence-electron chi connectivity index (χ1n) is 10.9. The van der Waals surface area contributed by atoms with Crippen LogP contribution in [0.15, 0.2) is 109 Å². The fourth-order valence-corrected chi connectivity index (χ4v) is 3.20. The van der Waals surface area contributed by atoms with Crippen LogP contribution < -0.4 is 20.1 Å². The molecular weight excluding hydrogens is 428 g/mol. The van der Waals surface area contributed by atoms with Crippen molar-refractivity contribution in [3.8, 4) is 11.5 Å². The number of hydrogen-bond donors (Lipinski definition) is 2. The van der Waals surface area contributed by atoms with Crippen LogP contribution in [0, 0.1) is 0 Å². The van der Waals surface area contributed by atoms with Gasteiger partial charge in [0.1, 0.15) is 24.7 Å². The number of carbonyl (C=O) groups excluding carboxylic acids is 2. The van der Waals surface area contributed by atoms with E-state index in [0.29, 0.717) is 41.5 Å². The maximum absolute atomic E-state index is 12.7. The lowest BCUT2D eigenvalue weighted by Crippen LogP contribution is -2.13. The van der Waals surface area contributed by atoms with Crippen molar-refractivity contribution in [2.24, 2.45) is 0 Å². The van der Waals surface area contributed by atoms with Gasteiger partial charge in [0.25, 0.3) is 11.8 Å². The maximum Gasteiger partial charge on any atom is 0.255 e. The Bertz CT molecular complexity index is 1230. The van der Waals surface area contributed by atoms with Gasteiger partial charge in [-0.3, -0.25) is 9.59 Å². The van der Waals surface area contributed by atoms with Crippen molar-refractivity contribution in [3.05, 3.63) is 120 Å². The van der Waals surface area contributed by atoms with Crippen LogP contribution in [0.3, 0.4) is 0 Å². The molecule has 0 atom stereocenters. The SMILES string of the molecule is O=C(Nc1ccc(NC(=O)c2cccc(OCCOc3ccccc3)c2)cc1)c1ccccc1. The summed E-state index contributed by atoms with van der Waals surface area (Å²) in [5.41, 5.74) is 2.31. The summed E-state index contributed by atoms with van der Waals surface area (Å²) < 4.78 is 11.3. The summed E-state index contributed by atoms with van der Waals surface area (Å²) in [5, 5.41) is 5.69. The molecule has 0 bridgehead atoms. The lowest BCUT2D eigenvalue weighted by atomic mass is 10.2. The molecule has 170 valence electrons. The molecule has 0 aromatic heterocycles. The molecule has 0 aliphatic carbocycles. The minimum Gasteiger partial charge on any atom is -0.490 e. The standard InChI is InChI=1S/C28H24N2O4/c31-27(21-8-3-1-4-9-21)29-23-14-16-24(17-15-23)30-28(32)22-10-7-13-26(20-22)34-19-18-33-25-11-5-2-6-12-25/h1-17,20H,18-19H2,(H,29,31)(H,30,32). The molecule has 0 unspecified atom stereocenters. The highest BCUT2D eigenvalue weighted by Gasteiger charge is 2.09. The Kier molecular flexibility index (Phi) is 7.54. The number of benzene rings is 4. The van der Waals surface area contributed by atoms with Gasteiger partial charge < -0.3 is 20.1 Å². The van der Waals surface area contributed by atoms with E-state index < -0.39 is 0 Å². The molecule has 0 aliphatic rings. The second-order valence-electron chi connectivity index (χ2n) is 7.39. The first-order valence-corrected chi connectivity index (χ1v) is 10.9. The summed E-state index contributed by atoms with van der Waals surface area (Å²) in [6.45, 7) is 0.754. The van der Waals surface area contributed by atoms with Gasteiger partial charge in [-0.25, -0.2) is 0 Å². The molecule has 0 spiro atoms. The summed E-state index contributed by atoms with van der Waals surface area (Å²) >= 11 is 0. The van der Waals surface area contributed by atoms with E-state index in [9.17, 15) is 9.59 Å².